The van der Waals surface area contributed by atoms with Gasteiger partial charge in [-0.2, -0.15) is 0 Å². The molecule has 0 saturated carbocycles. The van der Waals surface area contributed by atoms with Crippen molar-refractivity contribution in [1.29, 1.82) is 0 Å². The fourth-order valence-corrected chi connectivity index (χ4v) is 3.01. The molecule has 1 heterocycles. The molecule has 0 bridgehead atoms. The number of rotatable bonds is 6. The fourth-order valence-electron chi connectivity index (χ4n) is 1.67. The van der Waals surface area contributed by atoms with Gasteiger partial charge in [-0.25, -0.2) is 8.42 Å². The van der Waals surface area contributed by atoms with Crippen molar-refractivity contribution >= 4 is 31.6 Å². The summed E-state index contributed by atoms with van der Waals surface area (Å²) >= 11 is 3.31. The van der Waals surface area contributed by atoms with Gasteiger partial charge in [0, 0.05) is 28.6 Å². The zero-order chi connectivity index (χ0) is 14.6. The largest absolute Gasteiger partial charge is 0.363 e. The van der Waals surface area contributed by atoms with Crippen molar-refractivity contribution in [3.63, 3.8) is 0 Å². The van der Waals surface area contributed by atoms with Crippen molar-refractivity contribution in [2.24, 2.45) is 0 Å². The molecule has 0 amide bonds. The second-order valence-corrected chi connectivity index (χ2v) is 6.85. The summed E-state index contributed by atoms with van der Waals surface area (Å²) in [5.41, 5.74) is 1.37. The van der Waals surface area contributed by atoms with E-state index >= 15 is 0 Å². The molecule has 3 N–H and O–H groups in total. The molecular weight excluding hydrogens is 342 g/mol. The summed E-state index contributed by atoms with van der Waals surface area (Å²) in [4.78, 5) is 3.18. The van der Waals surface area contributed by atoms with E-state index in [4.69, 9.17) is 0 Å². The fraction of sp³-hybridized carbons (Fsp3) is 0.231. The molecule has 2 aromatic rings. The zero-order valence-corrected chi connectivity index (χ0v) is 13.4. The first-order valence-electron chi connectivity index (χ1n) is 6.17. The van der Waals surface area contributed by atoms with Crippen LogP contribution in [0.5, 0.6) is 0 Å². The van der Waals surface area contributed by atoms with Gasteiger partial charge in [-0.1, -0.05) is 22.9 Å². The highest BCUT2D eigenvalue weighted by Gasteiger charge is 2.16. The molecule has 0 aliphatic carbocycles. The van der Waals surface area contributed by atoms with E-state index in [9.17, 15) is 8.42 Å². The summed E-state index contributed by atoms with van der Waals surface area (Å²) in [6.07, 6.45) is 1.49. The average molecular weight is 358 g/mol. The SMILES string of the molecule is CCNCc1cc(S(=O)(=O)Nc2ccc(Br)cc2)c[nH]1. The third-order valence-electron chi connectivity index (χ3n) is 2.69. The van der Waals surface area contributed by atoms with Crippen LogP contribution in [0.1, 0.15) is 12.6 Å². The number of aromatic amines is 1. The summed E-state index contributed by atoms with van der Waals surface area (Å²) in [6, 6.07) is 8.60. The number of benzene rings is 1. The van der Waals surface area contributed by atoms with Crippen LogP contribution in [0.2, 0.25) is 0 Å². The minimum Gasteiger partial charge on any atom is -0.363 e. The molecule has 1 aromatic carbocycles. The Hall–Kier alpha value is -1.31. The quantitative estimate of drug-likeness (QED) is 0.743. The van der Waals surface area contributed by atoms with E-state index in [-0.39, 0.29) is 4.90 Å². The maximum atomic E-state index is 12.2. The van der Waals surface area contributed by atoms with E-state index in [2.05, 4.69) is 31.0 Å². The van der Waals surface area contributed by atoms with Crippen LogP contribution in [0.4, 0.5) is 5.69 Å². The first kappa shape index (κ1) is 15.1. The predicted molar refractivity (Wildman–Crippen MR) is 83.1 cm³/mol. The number of H-pyrrole nitrogens is 1. The Labute approximate surface area is 127 Å². The van der Waals surface area contributed by atoms with E-state index in [1.54, 1.807) is 30.3 Å². The van der Waals surface area contributed by atoms with E-state index < -0.39 is 10.0 Å². The van der Waals surface area contributed by atoms with E-state index in [1.807, 2.05) is 6.92 Å². The van der Waals surface area contributed by atoms with Gasteiger partial charge in [0.1, 0.15) is 4.90 Å². The maximum absolute atomic E-state index is 12.2. The minimum atomic E-state index is -3.55. The Bertz CT molecular complexity index is 665. The Balaban J connectivity index is 2.13. The molecule has 0 spiro atoms. The third kappa shape index (κ3) is 3.84. The van der Waals surface area contributed by atoms with Gasteiger partial charge in [-0.15, -0.1) is 0 Å². The Morgan fingerprint density at radius 2 is 1.95 bits per heavy atom. The lowest BCUT2D eigenvalue weighted by Gasteiger charge is -2.06. The Morgan fingerprint density at radius 1 is 1.25 bits per heavy atom. The number of anilines is 1. The summed E-state index contributed by atoms with van der Waals surface area (Å²) in [6.45, 7) is 3.44. The van der Waals surface area contributed by atoms with Gasteiger partial charge in [0.2, 0.25) is 0 Å². The molecule has 0 unspecified atom stereocenters. The minimum absolute atomic E-state index is 0.230. The highest BCUT2D eigenvalue weighted by atomic mass is 79.9. The lowest BCUT2D eigenvalue weighted by molar-refractivity contribution is 0.601. The first-order valence-corrected chi connectivity index (χ1v) is 8.45. The van der Waals surface area contributed by atoms with Crippen LogP contribution < -0.4 is 10.0 Å². The third-order valence-corrected chi connectivity index (χ3v) is 4.58. The smallest absolute Gasteiger partial charge is 0.263 e. The molecule has 5 nitrogen and oxygen atoms in total. The highest BCUT2D eigenvalue weighted by Crippen LogP contribution is 2.19. The molecule has 0 fully saturated rings. The molecule has 0 aliphatic rings. The molecule has 1 aromatic heterocycles. The van der Waals surface area contributed by atoms with Crippen molar-refractivity contribution < 1.29 is 8.42 Å². The van der Waals surface area contributed by atoms with E-state index in [1.165, 1.54) is 6.20 Å². The zero-order valence-electron chi connectivity index (χ0n) is 11.0. The second-order valence-electron chi connectivity index (χ2n) is 4.25. The first-order chi connectivity index (χ1) is 9.51. The van der Waals surface area contributed by atoms with Crippen LogP contribution in [0.3, 0.4) is 0 Å². The Kier molecular flexibility index (Phi) is 4.85. The molecule has 20 heavy (non-hydrogen) atoms. The molecule has 2 rings (SSSR count). The van der Waals surface area contributed by atoms with Crippen molar-refractivity contribution in [2.75, 3.05) is 11.3 Å². The van der Waals surface area contributed by atoms with Crippen LogP contribution in [0.15, 0.2) is 45.9 Å². The van der Waals surface area contributed by atoms with Crippen molar-refractivity contribution in [1.82, 2.24) is 10.3 Å². The van der Waals surface area contributed by atoms with Gasteiger partial charge in [-0.3, -0.25) is 4.72 Å². The molecule has 0 atom stereocenters. The van der Waals surface area contributed by atoms with Crippen molar-refractivity contribution in [3.8, 4) is 0 Å². The topological polar surface area (TPSA) is 74.0 Å². The number of aromatic nitrogens is 1. The molecule has 7 heteroatoms. The number of hydrogen-bond donors (Lipinski definition) is 3. The lowest BCUT2D eigenvalue weighted by atomic mass is 10.3. The van der Waals surface area contributed by atoms with Crippen LogP contribution >= 0.6 is 15.9 Å². The lowest BCUT2D eigenvalue weighted by Crippen LogP contribution is -2.13. The molecule has 108 valence electrons. The monoisotopic (exact) mass is 357 g/mol. The average Bonchev–Trinajstić information content (AvgIpc) is 2.88. The maximum Gasteiger partial charge on any atom is 0.263 e. The van der Waals surface area contributed by atoms with Gasteiger partial charge in [-0.05, 0) is 36.9 Å². The van der Waals surface area contributed by atoms with Crippen molar-refractivity contribution in [3.05, 3.63) is 46.7 Å². The Morgan fingerprint density at radius 3 is 2.60 bits per heavy atom. The normalized spacial score (nSPS) is 11.5. The van der Waals surface area contributed by atoms with Gasteiger partial charge < -0.3 is 10.3 Å². The van der Waals surface area contributed by atoms with Gasteiger partial charge in [0.05, 0.1) is 0 Å². The van der Waals surface area contributed by atoms with Crippen LogP contribution in [0, 0.1) is 0 Å². The molecule has 0 aliphatic heterocycles. The molecule has 0 saturated heterocycles. The summed E-state index contributed by atoms with van der Waals surface area (Å²) in [5.74, 6) is 0. The number of nitrogens with one attached hydrogen (secondary N) is 3. The summed E-state index contributed by atoms with van der Waals surface area (Å²) < 4.78 is 27.9. The highest BCUT2D eigenvalue weighted by molar-refractivity contribution is 9.10. The van der Waals surface area contributed by atoms with Crippen molar-refractivity contribution in [2.45, 2.75) is 18.4 Å². The second kappa shape index (κ2) is 6.43. The van der Waals surface area contributed by atoms with Crippen LogP contribution in [-0.2, 0) is 16.6 Å². The van der Waals surface area contributed by atoms with E-state index in [0.717, 1.165) is 16.7 Å². The molecule has 0 radical (unpaired) electrons. The summed E-state index contributed by atoms with van der Waals surface area (Å²) in [7, 11) is -3.55. The number of sulfonamides is 1. The van der Waals surface area contributed by atoms with Crippen LogP contribution in [0.25, 0.3) is 0 Å². The summed E-state index contributed by atoms with van der Waals surface area (Å²) in [5, 5.41) is 3.13. The predicted octanol–water partition coefficient (Wildman–Crippen LogP) is 2.69. The molecular formula is C13H16BrN3O2S. The van der Waals surface area contributed by atoms with Gasteiger partial charge in [0.15, 0.2) is 0 Å². The van der Waals surface area contributed by atoms with E-state index in [0.29, 0.717) is 12.2 Å². The van der Waals surface area contributed by atoms with Crippen LogP contribution in [-0.4, -0.2) is 19.9 Å². The van der Waals surface area contributed by atoms with Gasteiger partial charge >= 0.3 is 0 Å². The number of halogens is 1. The van der Waals surface area contributed by atoms with Gasteiger partial charge in [0.25, 0.3) is 10.0 Å². The number of hydrogen-bond acceptors (Lipinski definition) is 3. The standard InChI is InChI=1S/C13H16BrN3O2S/c1-2-15-8-12-7-13(9-16-12)20(18,19)17-11-5-3-10(14)4-6-11/h3-7,9,15-17H,2,8H2,1H3.